The maximum absolute atomic E-state index is 10.6. The van der Waals surface area contributed by atoms with Crippen LogP contribution in [0.5, 0.6) is 11.5 Å². The van der Waals surface area contributed by atoms with Crippen molar-refractivity contribution in [3.63, 3.8) is 0 Å². The van der Waals surface area contributed by atoms with Gasteiger partial charge < -0.3 is 15.2 Å². The van der Waals surface area contributed by atoms with E-state index in [0.29, 0.717) is 11.5 Å². The van der Waals surface area contributed by atoms with E-state index in [1.54, 1.807) is 36.5 Å². The van der Waals surface area contributed by atoms with Crippen LogP contribution in [0.4, 0.5) is 5.69 Å². The van der Waals surface area contributed by atoms with Gasteiger partial charge in [0.15, 0.2) is 16.6 Å². The Kier molecular flexibility index (Phi) is 6.24. The molecule has 0 aliphatic heterocycles. The first-order valence-electron chi connectivity index (χ1n) is 7.12. The van der Waals surface area contributed by atoms with E-state index in [1.165, 1.54) is 19.2 Å². The van der Waals surface area contributed by atoms with Gasteiger partial charge in [0.2, 0.25) is 0 Å². The van der Waals surface area contributed by atoms with Gasteiger partial charge in [0.25, 0.3) is 5.69 Å². The topological polar surface area (TPSA) is 112 Å². The van der Waals surface area contributed by atoms with Crippen molar-refractivity contribution in [3.8, 4) is 11.5 Å². The molecule has 0 heterocycles. The van der Waals surface area contributed by atoms with Crippen molar-refractivity contribution in [2.24, 2.45) is 10.8 Å². The number of nitrogens with two attached hydrogens (primary N) is 1. The second kappa shape index (κ2) is 8.60. The number of hydrazone groups is 1. The fraction of sp³-hybridized carbons (Fsp3) is 0.125. The molecule has 0 fully saturated rings. The van der Waals surface area contributed by atoms with Gasteiger partial charge in [-0.1, -0.05) is 0 Å². The summed E-state index contributed by atoms with van der Waals surface area (Å²) in [5.41, 5.74) is 9.35. The minimum absolute atomic E-state index is 0.0375. The molecule has 2 aromatic carbocycles. The fourth-order valence-corrected chi connectivity index (χ4v) is 1.98. The Hall–Kier alpha value is -3.20. The summed E-state index contributed by atoms with van der Waals surface area (Å²) in [6, 6.07) is 11.4. The quantitative estimate of drug-likeness (QED) is 0.337. The number of non-ortho nitro benzene ring substituents is 1. The van der Waals surface area contributed by atoms with Crippen molar-refractivity contribution in [3.05, 3.63) is 63.7 Å². The van der Waals surface area contributed by atoms with E-state index in [2.05, 4.69) is 22.7 Å². The van der Waals surface area contributed by atoms with Crippen LogP contribution in [-0.2, 0) is 6.61 Å². The van der Waals surface area contributed by atoms with Gasteiger partial charge in [0, 0.05) is 12.1 Å². The molecule has 0 unspecified atom stereocenters. The highest BCUT2D eigenvalue weighted by molar-refractivity contribution is 7.80. The molecule has 130 valence electrons. The normalized spacial score (nSPS) is 10.4. The van der Waals surface area contributed by atoms with E-state index in [4.69, 9.17) is 15.2 Å². The van der Waals surface area contributed by atoms with Gasteiger partial charge in [-0.15, -0.1) is 0 Å². The second-order valence-electron chi connectivity index (χ2n) is 4.86. The lowest BCUT2D eigenvalue weighted by molar-refractivity contribution is -0.384. The van der Waals surface area contributed by atoms with Crippen LogP contribution in [0.3, 0.4) is 0 Å². The number of nitro benzene ring substituents is 1. The Bertz CT molecular complexity index is 793. The summed E-state index contributed by atoms with van der Waals surface area (Å²) >= 11 is 4.65. The van der Waals surface area contributed by atoms with Gasteiger partial charge in [-0.25, -0.2) is 0 Å². The van der Waals surface area contributed by atoms with Gasteiger partial charge in [-0.3, -0.25) is 15.5 Å². The molecule has 0 saturated carbocycles. The Morgan fingerprint density at radius 3 is 2.64 bits per heavy atom. The monoisotopic (exact) mass is 360 g/mol. The van der Waals surface area contributed by atoms with Crippen LogP contribution in [0.15, 0.2) is 47.6 Å². The Morgan fingerprint density at radius 1 is 1.32 bits per heavy atom. The lowest BCUT2D eigenvalue weighted by atomic mass is 10.2. The van der Waals surface area contributed by atoms with Crippen LogP contribution in [-0.4, -0.2) is 23.4 Å². The van der Waals surface area contributed by atoms with Crippen LogP contribution < -0.4 is 20.6 Å². The third-order valence-electron chi connectivity index (χ3n) is 3.12. The van der Waals surface area contributed by atoms with Gasteiger partial charge in [-0.05, 0) is 53.7 Å². The predicted octanol–water partition coefficient (Wildman–Crippen LogP) is 2.35. The van der Waals surface area contributed by atoms with Crippen LogP contribution in [0.1, 0.15) is 11.1 Å². The first-order chi connectivity index (χ1) is 12.0. The van der Waals surface area contributed by atoms with Gasteiger partial charge in [0.1, 0.15) is 6.61 Å². The number of benzene rings is 2. The number of ether oxygens (including phenoxy) is 2. The summed E-state index contributed by atoms with van der Waals surface area (Å²) in [7, 11) is 1.53. The summed E-state index contributed by atoms with van der Waals surface area (Å²) in [5, 5.41) is 14.6. The van der Waals surface area contributed by atoms with Crippen molar-refractivity contribution in [1.29, 1.82) is 0 Å². The standard InChI is InChI=1S/C16H16N4O4S/c1-23-15-8-12(9-18-19-16(17)25)4-7-14(15)24-10-11-2-5-13(6-3-11)20(21)22/h2-9H,10H2,1H3,(H3,17,19,25)/b18-9+. The number of nitrogens with one attached hydrogen (secondary N) is 1. The SMILES string of the molecule is COc1cc(/C=N/NC(N)=S)ccc1OCc1ccc([N+](=O)[O-])cc1. The highest BCUT2D eigenvalue weighted by atomic mass is 32.1. The summed E-state index contributed by atoms with van der Waals surface area (Å²) < 4.78 is 11.0. The summed E-state index contributed by atoms with van der Waals surface area (Å²) in [6.07, 6.45) is 1.54. The number of thiocarbonyl (C=S) groups is 1. The molecule has 3 N–H and O–H groups in total. The molecule has 25 heavy (non-hydrogen) atoms. The molecule has 0 spiro atoms. The zero-order valence-electron chi connectivity index (χ0n) is 13.3. The Balaban J connectivity index is 2.04. The summed E-state index contributed by atoms with van der Waals surface area (Å²) in [4.78, 5) is 10.2. The van der Waals surface area contributed by atoms with Crippen LogP contribution >= 0.6 is 12.2 Å². The molecule has 0 aliphatic rings. The number of hydrogen-bond donors (Lipinski definition) is 2. The first kappa shape index (κ1) is 18.1. The van der Waals surface area contributed by atoms with E-state index in [-0.39, 0.29) is 17.4 Å². The molecule has 0 bridgehead atoms. The molecule has 0 saturated heterocycles. The van der Waals surface area contributed by atoms with Crippen LogP contribution in [0, 0.1) is 10.1 Å². The van der Waals surface area contributed by atoms with Crippen LogP contribution in [0.25, 0.3) is 0 Å². The van der Waals surface area contributed by atoms with Crippen molar-refractivity contribution >= 4 is 29.2 Å². The van der Waals surface area contributed by atoms with E-state index < -0.39 is 4.92 Å². The Labute approximate surface area is 149 Å². The largest absolute Gasteiger partial charge is 0.493 e. The van der Waals surface area contributed by atoms with E-state index >= 15 is 0 Å². The molecular weight excluding hydrogens is 344 g/mol. The van der Waals surface area contributed by atoms with E-state index in [1.807, 2.05) is 0 Å². The predicted molar refractivity (Wildman–Crippen MR) is 97.9 cm³/mol. The van der Waals surface area contributed by atoms with Crippen LogP contribution in [0.2, 0.25) is 0 Å². The van der Waals surface area contributed by atoms with Crippen molar-refractivity contribution < 1.29 is 14.4 Å². The molecule has 2 aromatic rings. The molecule has 0 atom stereocenters. The average Bonchev–Trinajstić information content (AvgIpc) is 2.60. The maximum atomic E-state index is 10.6. The molecule has 2 rings (SSSR count). The lowest BCUT2D eigenvalue weighted by Gasteiger charge is -2.11. The number of nitrogens with zero attached hydrogens (tertiary/aromatic N) is 2. The van der Waals surface area contributed by atoms with E-state index in [0.717, 1.165) is 11.1 Å². The average molecular weight is 360 g/mol. The van der Waals surface area contributed by atoms with Gasteiger partial charge in [-0.2, -0.15) is 5.10 Å². The summed E-state index contributed by atoms with van der Waals surface area (Å²) in [6.45, 7) is 0.255. The minimum Gasteiger partial charge on any atom is -0.493 e. The third-order valence-corrected chi connectivity index (χ3v) is 3.21. The van der Waals surface area contributed by atoms with Crippen molar-refractivity contribution in [2.45, 2.75) is 6.61 Å². The lowest BCUT2D eigenvalue weighted by Crippen LogP contribution is -2.23. The minimum atomic E-state index is -0.444. The maximum Gasteiger partial charge on any atom is 0.269 e. The molecule has 0 aliphatic carbocycles. The van der Waals surface area contributed by atoms with Crippen molar-refractivity contribution in [1.82, 2.24) is 5.43 Å². The number of hydrogen-bond acceptors (Lipinski definition) is 6. The molecule has 0 amide bonds. The second-order valence-corrected chi connectivity index (χ2v) is 5.30. The highest BCUT2D eigenvalue weighted by Gasteiger charge is 2.07. The van der Waals surface area contributed by atoms with Gasteiger partial charge in [0.05, 0.1) is 18.2 Å². The molecule has 0 radical (unpaired) electrons. The zero-order valence-corrected chi connectivity index (χ0v) is 14.2. The van der Waals surface area contributed by atoms with E-state index in [9.17, 15) is 10.1 Å². The first-order valence-corrected chi connectivity index (χ1v) is 7.53. The smallest absolute Gasteiger partial charge is 0.269 e. The Morgan fingerprint density at radius 2 is 2.04 bits per heavy atom. The summed E-state index contributed by atoms with van der Waals surface area (Å²) in [5.74, 6) is 1.07. The number of methoxy groups -OCH3 is 1. The molecule has 8 nitrogen and oxygen atoms in total. The molecular formula is C16H16N4O4S. The third kappa shape index (κ3) is 5.43. The number of rotatable bonds is 7. The zero-order chi connectivity index (χ0) is 18.2. The number of nitro groups is 1. The molecule has 0 aromatic heterocycles. The van der Waals surface area contributed by atoms with Gasteiger partial charge >= 0.3 is 0 Å². The van der Waals surface area contributed by atoms with Crippen molar-refractivity contribution in [2.75, 3.05) is 7.11 Å². The molecule has 9 heteroatoms. The highest BCUT2D eigenvalue weighted by Crippen LogP contribution is 2.28. The fourth-order valence-electron chi connectivity index (χ4n) is 1.93.